The summed E-state index contributed by atoms with van der Waals surface area (Å²) in [7, 11) is 1.68. The maximum absolute atomic E-state index is 5.33. The van der Waals surface area contributed by atoms with Gasteiger partial charge < -0.3 is 4.74 Å². The lowest BCUT2D eigenvalue weighted by Crippen LogP contribution is -2.22. The number of nitrogens with zero attached hydrogens (tertiary/aromatic N) is 4. The number of methoxy groups -OCH3 is 1. The number of rotatable bonds is 4. The number of fused-ring (bicyclic) bond motifs is 1. The predicted molar refractivity (Wildman–Crippen MR) is 123 cm³/mol. The first-order chi connectivity index (χ1) is 15.1. The van der Waals surface area contributed by atoms with E-state index >= 15 is 0 Å². The Balaban J connectivity index is 1.69. The third kappa shape index (κ3) is 3.52. The van der Waals surface area contributed by atoms with Gasteiger partial charge in [0.05, 0.1) is 24.2 Å². The Hall–Kier alpha value is -3.73. The Morgan fingerprint density at radius 2 is 1.65 bits per heavy atom. The zero-order valence-corrected chi connectivity index (χ0v) is 17.9. The zero-order valence-electron chi connectivity index (χ0n) is 17.9. The molecule has 0 spiro atoms. The molecule has 3 heterocycles. The van der Waals surface area contributed by atoms with Gasteiger partial charge in [-0.15, -0.1) is 0 Å². The lowest BCUT2D eigenvalue weighted by molar-refractivity contribution is 0.415. The molecule has 154 valence electrons. The summed E-state index contributed by atoms with van der Waals surface area (Å²) in [6.07, 6.45) is 2.59. The Morgan fingerprint density at radius 3 is 2.32 bits per heavy atom. The minimum atomic E-state index is -0.00398. The molecule has 0 saturated carbocycles. The molecule has 0 saturated heterocycles. The van der Waals surface area contributed by atoms with E-state index in [-0.39, 0.29) is 6.04 Å². The molecule has 0 fully saturated rings. The average Bonchev–Trinajstić information content (AvgIpc) is 3.15. The van der Waals surface area contributed by atoms with Crippen LogP contribution in [0.1, 0.15) is 35.0 Å². The van der Waals surface area contributed by atoms with Gasteiger partial charge in [-0.05, 0) is 49.2 Å². The molecule has 2 aromatic carbocycles. The highest BCUT2D eigenvalue weighted by atomic mass is 16.5. The molecular weight excluding hydrogens is 384 g/mol. The van der Waals surface area contributed by atoms with Crippen molar-refractivity contribution in [1.82, 2.24) is 14.8 Å². The fourth-order valence-electron chi connectivity index (χ4n) is 4.13. The summed E-state index contributed by atoms with van der Waals surface area (Å²) in [5.74, 6) is 1.71. The second kappa shape index (κ2) is 7.84. The number of benzene rings is 2. The van der Waals surface area contributed by atoms with Crippen molar-refractivity contribution < 1.29 is 4.74 Å². The summed E-state index contributed by atoms with van der Waals surface area (Å²) in [5.41, 5.74) is 7.50. The minimum Gasteiger partial charge on any atom is -0.497 e. The van der Waals surface area contributed by atoms with E-state index in [1.165, 1.54) is 5.56 Å². The van der Waals surface area contributed by atoms with Crippen molar-refractivity contribution in [2.45, 2.75) is 26.3 Å². The van der Waals surface area contributed by atoms with Crippen LogP contribution < -0.4 is 4.74 Å². The highest BCUT2D eigenvalue weighted by Crippen LogP contribution is 2.41. The number of hydrogen-bond acceptors (Lipinski definition) is 4. The minimum absolute atomic E-state index is 0.00398. The van der Waals surface area contributed by atoms with Gasteiger partial charge in [0, 0.05) is 18.2 Å². The van der Waals surface area contributed by atoms with Crippen molar-refractivity contribution in [3.8, 4) is 16.9 Å². The topological polar surface area (TPSA) is 52.3 Å². The van der Waals surface area contributed by atoms with E-state index in [1.54, 1.807) is 7.11 Å². The summed E-state index contributed by atoms with van der Waals surface area (Å²) in [6.45, 7) is 4.14. The van der Waals surface area contributed by atoms with Crippen molar-refractivity contribution in [1.29, 1.82) is 0 Å². The van der Waals surface area contributed by atoms with Gasteiger partial charge in [0.25, 0.3) is 0 Å². The SMILES string of the molecule is COc1ccc(-c2c(C)nn3c2N=C(c2ccc(C)cc2)CC3c2ccccn2)cc1. The molecule has 0 aliphatic carbocycles. The number of hydrogen-bond donors (Lipinski definition) is 0. The molecule has 5 rings (SSSR count). The van der Waals surface area contributed by atoms with Crippen LogP contribution in [0.15, 0.2) is 77.9 Å². The van der Waals surface area contributed by atoms with Gasteiger partial charge in [0.2, 0.25) is 0 Å². The molecule has 1 aliphatic heterocycles. The van der Waals surface area contributed by atoms with Crippen LogP contribution >= 0.6 is 0 Å². The predicted octanol–water partition coefficient (Wildman–Crippen LogP) is 5.68. The first-order valence-corrected chi connectivity index (χ1v) is 10.4. The number of aliphatic imine (C=N–C) groups is 1. The van der Waals surface area contributed by atoms with Gasteiger partial charge in [-0.2, -0.15) is 5.10 Å². The van der Waals surface area contributed by atoms with Crippen molar-refractivity contribution in [2.24, 2.45) is 4.99 Å². The largest absolute Gasteiger partial charge is 0.497 e. The zero-order chi connectivity index (χ0) is 21.4. The first kappa shape index (κ1) is 19.2. The molecular formula is C26H24N4O. The fraction of sp³-hybridized carbons (Fsp3) is 0.192. The van der Waals surface area contributed by atoms with Gasteiger partial charge in [-0.3, -0.25) is 4.98 Å². The molecule has 5 nitrogen and oxygen atoms in total. The molecule has 4 aromatic rings. The third-order valence-electron chi connectivity index (χ3n) is 5.78. The summed E-state index contributed by atoms with van der Waals surface area (Å²) in [6, 6.07) is 22.7. The van der Waals surface area contributed by atoms with Crippen LogP contribution in [0.5, 0.6) is 5.75 Å². The Labute approximate surface area is 182 Å². The van der Waals surface area contributed by atoms with Crippen LogP contribution in [0.2, 0.25) is 0 Å². The van der Waals surface area contributed by atoms with Gasteiger partial charge in [0.1, 0.15) is 11.8 Å². The molecule has 1 aliphatic rings. The lowest BCUT2D eigenvalue weighted by Gasteiger charge is -2.24. The second-order valence-electron chi connectivity index (χ2n) is 7.86. The quantitative estimate of drug-likeness (QED) is 0.436. The highest BCUT2D eigenvalue weighted by Gasteiger charge is 2.30. The second-order valence-corrected chi connectivity index (χ2v) is 7.86. The number of aryl methyl sites for hydroxylation is 2. The molecule has 0 amide bonds. The summed E-state index contributed by atoms with van der Waals surface area (Å²) >= 11 is 0. The van der Waals surface area contributed by atoms with Crippen LogP contribution in [-0.4, -0.2) is 27.6 Å². The van der Waals surface area contributed by atoms with E-state index in [2.05, 4.69) is 54.4 Å². The summed E-state index contributed by atoms with van der Waals surface area (Å²) in [5, 5.41) is 4.91. The van der Waals surface area contributed by atoms with Crippen LogP contribution in [0.25, 0.3) is 11.1 Å². The Kier molecular flexibility index (Phi) is 4.86. The van der Waals surface area contributed by atoms with Gasteiger partial charge >= 0.3 is 0 Å². The summed E-state index contributed by atoms with van der Waals surface area (Å²) < 4.78 is 7.37. The molecule has 0 N–H and O–H groups in total. The average molecular weight is 409 g/mol. The normalized spacial score (nSPS) is 15.3. The molecule has 1 unspecified atom stereocenters. The van der Waals surface area contributed by atoms with E-state index in [0.717, 1.165) is 51.8 Å². The van der Waals surface area contributed by atoms with E-state index in [1.807, 2.05) is 42.1 Å². The fourth-order valence-corrected chi connectivity index (χ4v) is 4.13. The molecule has 0 radical (unpaired) electrons. The molecule has 31 heavy (non-hydrogen) atoms. The monoisotopic (exact) mass is 408 g/mol. The number of pyridine rings is 1. The maximum atomic E-state index is 5.33. The first-order valence-electron chi connectivity index (χ1n) is 10.4. The lowest BCUT2D eigenvalue weighted by atomic mass is 9.97. The van der Waals surface area contributed by atoms with Gasteiger partial charge in [-0.1, -0.05) is 48.0 Å². The van der Waals surface area contributed by atoms with Crippen molar-refractivity contribution in [3.63, 3.8) is 0 Å². The molecule has 1 atom stereocenters. The van der Waals surface area contributed by atoms with E-state index in [0.29, 0.717) is 0 Å². The third-order valence-corrected chi connectivity index (χ3v) is 5.78. The molecule has 5 heteroatoms. The van der Waals surface area contributed by atoms with E-state index in [9.17, 15) is 0 Å². The van der Waals surface area contributed by atoms with E-state index in [4.69, 9.17) is 14.8 Å². The Bertz CT molecular complexity index is 1240. The Morgan fingerprint density at radius 1 is 0.903 bits per heavy atom. The van der Waals surface area contributed by atoms with Crippen LogP contribution in [0.3, 0.4) is 0 Å². The van der Waals surface area contributed by atoms with E-state index < -0.39 is 0 Å². The van der Waals surface area contributed by atoms with Crippen LogP contribution in [-0.2, 0) is 0 Å². The van der Waals surface area contributed by atoms with Crippen molar-refractivity contribution >= 4 is 11.5 Å². The highest BCUT2D eigenvalue weighted by molar-refractivity contribution is 6.04. The molecule has 2 aromatic heterocycles. The standard InChI is InChI=1S/C26H24N4O/c1-17-7-9-19(10-8-17)23-16-24(22-6-4-5-15-27-22)30-26(28-23)25(18(2)29-30)20-11-13-21(31-3)14-12-20/h4-15,24H,16H2,1-3H3. The van der Waals surface area contributed by atoms with Crippen LogP contribution in [0, 0.1) is 13.8 Å². The van der Waals surface area contributed by atoms with Gasteiger partial charge in [-0.25, -0.2) is 9.67 Å². The molecule has 0 bridgehead atoms. The van der Waals surface area contributed by atoms with Crippen molar-refractivity contribution in [3.05, 3.63) is 95.4 Å². The maximum Gasteiger partial charge on any atom is 0.159 e. The smallest absolute Gasteiger partial charge is 0.159 e. The number of aromatic nitrogens is 3. The van der Waals surface area contributed by atoms with Crippen LogP contribution in [0.4, 0.5) is 5.82 Å². The van der Waals surface area contributed by atoms with Gasteiger partial charge in [0.15, 0.2) is 5.82 Å². The van der Waals surface area contributed by atoms with Crippen molar-refractivity contribution in [2.75, 3.05) is 7.11 Å². The number of ether oxygens (including phenoxy) is 1. The summed E-state index contributed by atoms with van der Waals surface area (Å²) in [4.78, 5) is 9.76.